The molecule has 0 fully saturated rings. The normalized spacial score (nSPS) is 10.4. The predicted molar refractivity (Wildman–Crippen MR) is 114 cm³/mol. The van der Waals surface area contributed by atoms with Gasteiger partial charge in [0.1, 0.15) is 6.54 Å². The number of hydrogen-bond donors (Lipinski definition) is 2. The first-order valence-corrected chi connectivity index (χ1v) is 10.1. The van der Waals surface area contributed by atoms with E-state index in [1.54, 1.807) is 18.2 Å². The molecule has 0 aliphatic heterocycles. The average Bonchev–Trinajstić information content (AvgIpc) is 2.76. The number of ether oxygens (including phenoxy) is 1. The van der Waals surface area contributed by atoms with Crippen LogP contribution in [0.15, 0.2) is 71.6 Å². The number of anilines is 1. The first kappa shape index (κ1) is 20.4. The molecule has 148 valence electrons. The van der Waals surface area contributed by atoms with E-state index in [0.717, 1.165) is 15.7 Å². The highest BCUT2D eigenvalue weighted by Crippen LogP contribution is 2.24. The molecule has 0 aliphatic rings. The zero-order chi connectivity index (χ0) is 20.6. The van der Waals surface area contributed by atoms with Gasteiger partial charge in [0.15, 0.2) is 6.61 Å². The molecule has 3 aromatic carbocycles. The van der Waals surface area contributed by atoms with Crippen LogP contribution < -0.4 is 10.6 Å². The number of thioether (sulfide) groups is 1. The summed E-state index contributed by atoms with van der Waals surface area (Å²) in [5.74, 6) is -1.51. The van der Waals surface area contributed by atoms with E-state index < -0.39 is 18.5 Å². The molecule has 0 unspecified atom stereocenters. The summed E-state index contributed by atoms with van der Waals surface area (Å²) < 4.78 is 4.93. The summed E-state index contributed by atoms with van der Waals surface area (Å²) >= 11 is 1.50. The second-order valence-electron chi connectivity index (χ2n) is 6.15. The molecule has 2 N–H and O–H groups in total. The third kappa shape index (κ3) is 5.58. The molecule has 0 saturated heterocycles. The summed E-state index contributed by atoms with van der Waals surface area (Å²) in [4.78, 5) is 37.0. The van der Waals surface area contributed by atoms with Crippen molar-refractivity contribution in [2.75, 3.05) is 24.7 Å². The van der Waals surface area contributed by atoms with Gasteiger partial charge in [0, 0.05) is 10.5 Å². The van der Waals surface area contributed by atoms with Crippen LogP contribution >= 0.6 is 11.8 Å². The number of hydrogen-bond acceptors (Lipinski definition) is 5. The van der Waals surface area contributed by atoms with Crippen LogP contribution in [0.5, 0.6) is 0 Å². The molecule has 29 heavy (non-hydrogen) atoms. The van der Waals surface area contributed by atoms with Crippen LogP contribution in [0.2, 0.25) is 0 Å². The molecule has 0 atom stereocenters. The summed E-state index contributed by atoms with van der Waals surface area (Å²) in [7, 11) is 0. The van der Waals surface area contributed by atoms with Crippen molar-refractivity contribution >= 4 is 46.0 Å². The minimum atomic E-state index is -0.688. The number of fused-ring (bicyclic) bond motifs is 1. The largest absolute Gasteiger partial charge is 0.454 e. The molecular formula is C22H20N2O4S. The van der Waals surface area contributed by atoms with Crippen molar-refractivity contribution in [3.63, 3.8) is 0 Å². The molecule has 0 bridgehead atoms. The van der Waals surface area contributed by atoms with Crippen molar-refractivity contribution in [1.29, 1.82) is 0 Å². The van der Waals surface area contributed by atoms with Gasteiger partial charge in [-0.25, -0.2) is 0 Å². The molecular weight excluding hydrogens is 388 g/mol. The van der Waals surface area contributed by atoms with E-state index in [2.05, 4.69) is 10.6 Å². The lowest BCUT2D eigenvalue weighted by molar-refractivity contribution is -0.146. The Morgan fingerprint density at radius 2 is 1.66 bits per heavy atom. The van der Waals surface area contributed by atoms with Gasteiger partial charge in [-0.2, -0.15) is 0 Å². The topological polar surface area (TPSA) is 84.5 Å². The molecule has 7 heteroatoms. The quantitative estimate of drug-likeness (QED) is 0.462. The second-order valence-corrected chi connectivity index (χ2v) is 7.00. The number of nitrogens with one attached hydrogen (secondary N) is 2. The summed E-state index contributed by atoms with van der Waals surface area (Å²) in [6.07, 6.45) is 1.91. The number of carbonyl (C=O) groups is 3. The van der Waals surface area contributed by atoms with Gasteiger partial charge in [-0.05, 0) is 41.3 Å². The van der Waals surface area contributed by atoms with Crippen LogP contribution in [0, 0.1) is 0 Å². The number of benzene rings is 3. The molecule has 3 rings (SSSR count). The van der Waals surface area contributed by atoms with Crippen LogP contribution in [0.3, 0.4) is 0 Å². The van der Waals surface area contributed by atoms with Crippen LogP contribution in [0.1, 0.15) is 10.4 Å². The number of esters is 1. The fourth-order valence-corrected chi connectivity index (χ4v) is 3.27. The van der Waals surface area contributed by atoms with Gasteiger partial charge < -0.3 is 15.4 Å². The third-order valence-corrected chi connectivity index (χ3v) is 4.95. The second kappa shape index (κ2) is 9.75. The zero-order valence-corrected chi connectivity index (χ0v) is 16.6. The van der Waals surface area contributed by atoms with Gasteiger partial charge in [0.2, 0.25) is 0 Å². The molecule has 0 aliphatic carbocycles. The molecule has 0 radical (unpaired) electrons. The van der Waals surface area contributed by atoms with Crippen molar-refractivity contribution in [1.82, 2.24) is 5.32 Å². The highest BCUT2D eigenvalue weighted by molar-refractivity contribution is 7.98. The minimum Gasteiger partial charge on any atom is -0.454 e. The Hall–Kier alpha value is -3.32. The Kier molecular flexibility index (Phi) is 6.86. The van der Waals surface area contributed by atoms with Crippen LogP contribution in [-0.4, -0.2) is 37.2 Å². The minimum absolute atomic E-state index is 0.319. The van der Waals surface area contributed by atoms with Crippen molar-refractivity contribution in [3.8, 4) is 0 Å². The standard InChI is InChI=1S/C22H20N2O4S/c1-29-19-9-5-4-8-18(19)24-20(25)14-28-21(26)13-23-22(27)17-11-10-15-6-2-3-7-16(15)12-17/h2-12H,13-14H2,1H3,(H,23,27)(H,24,25). The maximum atomic E-state index is 12.2. The monoisotopic (exact) mass is 408 g/mol. The van der Waals surface area contributed by atoms with Gasteiger partial charge >= 0.3 is 5.97 Å². The van der Waals surface area contributed by atoms with E-state index in [0.29, 0.717) is 11.3 Å². The van der Waals surface area contributed by atoms with Crippen molar-refractivity contribution in [3.05, 3.63) is 72.3 Å². The number of amides is 2. The van der Waals surface area contributed by atoms with Gasteiger partial charge in [0.25, 0.3) is 11.8 Å². The molecule has 2 amide bonds. The molecule has 0 spiro atoms. The van der Waals surface area contributed by atoms with E-state index in [9.17, 15) is 14.4 Å². The van der Waals surface area contributed by atoms with Crippen molar-refractivity contribution < 1.29 is 19.1 Å². The first-order valence-electron chi connectivity index (χ1n) is 8.92. The predicted octanol–water partition coefficient (Wildman–Crippen LogP) is 3.47. The van der Waals surface area contributed by atoms with E-state index in [1.165, 1.54) is 11.8 Å². The van der Waals surface area contributed by atoms with E-state index in [1.807, 2.05) is 54.8 Å². The SMILES string of the molecule is CSc1ccccc1NC(=O)COC(=O)CNC(=O)c1ccc2ccccc2c1. The van der Waals surface area contributed by atoms with E-state index in [-0.39, 0.29) is 12.5 Å². The number of rotatable bonds is 7. The molecule has 3 aromatic rings. The smallest absolute Gasteiger partial charge is 0.325 e. The highest BCUT2D eigenvalue weighted by Gasteiger charge is 2.12. The van der Waals surface area contributed by atoms with Crippen molar-refractivity contribution in [2.24, 2.45) is 0 Å². The zero-order valence-electron chi connectivity index (χ0n) is 15.8. The fourth-order valence-electron chi connectivity index (χ4n) is 2.72. The van der Waals surface area contributed by atoms with Gasteiger partial charge in [-0.15, -0.1) is 11.8 Å². The van der Waals surface area contributed by atoms with E-state index >= 15 is 0 Å². The lowest BCUT2D eigenvalue weighted by Crippen LogP contribution is -2.32. The van der Waals surface area contributed by atoms with Gasteiger partial charge in [0.05, 0.1) is 5.69 Å². The lowest BCUT2D eigenvalue weighted by Gasteiger charge is -2.10. The fraction of sp³-hybridized carbons (Fsp3) is 0.136. The Morgan fingerprint density at radius 1 is 0.931 bits per heavy atom. The highest BCUT2D eigenvalue weighted by atomic mass is 32.2. The molecule has 0 heterocycles. The van der Waals surface area contributed by atoms with E-state index in [4.69, 9.17) is 4.74 Å². The molecule has 0 saturated carbocycles. The lowest BCUT2D eigenvalue weighted by atomic mass is 10.1. The van der Waals surface area contributed by atoms with Crippen LogP contribution in [0.4, 0.5) is 5.69 Å². The Morgan fingerprint density at radius 3 is 2.45 bits per heavy atom. The first-order chi connectivity index (χ1) is 14.1. The van der Waals surface area contributed by atoms with Gasteiger partial charge in [-0.1, -0.05) is 42.5 Å². The maximum Gasteiger partial charge on any atom is 0.325 e. The average molecular weight is 408 g/mol. The molecule has 0 aromatic heterocycles. The van der Waals surface area contributed by atoms with Crippen LogP contribution in [-0.2, 0) is 14.3 Å². The Bertz CT molecular complexity index is 1050. The summed E-state index contributed by atoms with van der Waals surface area (Å²) in [6, 6.07) is 20.3. The van der Waals surface area contributed by atoms with Crippen LogP contribution in [0.25, 0.3) is 10.8 Å². The third-order valence-electron chi connectivity index (χ3n) is 4.15. The number of para-hydroxylation sites is 1. The van der Waals surface area contributed by atoms with Gasteiger partial charge in [-0.3, -0.25) is 14.4 Å². The summed E-state index contributed by atoms with van der Waals surface area (Å²) in [5.41, 5.74) is 1.11. The summed E-state index contributed by atoms with van der Waals surface area (Å²) in [6.45, 7) is -0.742. The molecule has 6 nitrogen and oxygen atoms in total. The Labute approximate surface area is 172 Å². The maximum absolute atomic E-state index is 12.2. The summed E-state index contributed by atoms with van der Waals surface area (Å²) in [5, 5.41) is 7.17. The Balaban J connectivity index is 1.46. The number of carbonyl (C=O) groups excluding carboxylic acids is 3. The van der Waals surface area contributed by atoms with Crippen molar-refractivity contribution in [2.45, 2.75) is 4.90 Å².